The highest BCUT2D eigenvalue weighted by Gasteiger charge is 2.14. The van der Waals surface area contributed by atoms with E-state index in [1.54, 1.807) is 16.9 Å². The van der Waals surface area contributed by atoms with E-state index in [0.29, 0.717) is 11.3 Å². The Labute approximate surface area is 157 Å². The van der Waals surface area contributed by atoms with E-state index in [0.717, 1.165) is 22.4 Å². The van der Waals surface area contributed by atoms with Crippen molar-refractivity contribution in [3.05, 3.63) is 77.1 Å². The van der Waals surface area contributed by atoms with Crippen molar-refractivity contribution in [2.45, 2.75) is 20.3 Å². The first-order chi connectivity index (χ1) is 13.0. The number of anilines is 1. The molecule has 3 rings (SSSR count). The Kier molecular flexibility index (Phi) is 5.35. The van der Waals surface area contributed by atoms with Crippen LogP contribution in [0.25, 0.3) is 5.69 Å². The normalized spacial score (nSPS) is 10.5. The summed E-state index contributed by atoms with van der Waals surface area (Å²) in [5.41, 5.74) is 4.49. The molecule has 1 N–H and O–H groups in total. The van der Waals surface area contributed by atoms with Gasteiger partial charge in [-0.25, -0.2) is 9.48 Å². The van der Waals surface area contributed by atoms with Crippen LogP contribution >= 0.6 is 0 Å². The average Bonchev–Trinajstić information content (AvgIpc) is 3.13. The summed E-state index contributed by atoms with van der Waals surface area (Å²) >= 11 is 0. The molecule has 138 valence electrons. The van der Waals surface area contributed by atoms with Crippen LogP contribution in [0.4, 0.5) is 5.69 Å². The molecule has 0 bridgehead atoms. The molecular weight excluding hydrogens is 342 g/mol. The maximum absolute atomic E-state index is 12.4. The Morgan fingerprint density at radius 3 is 2.59 bits per heavy atom. The number of benzene rings is 2. The van der Waals surface area contributed by atoms with Crippen molar-refractivity contribution in [3.8, 4) is 5.69 Å². The zero-order valence-corrected chi connectivity index (χ0v) is 15.5. The molecule has 1 aromatic heterocycles. The number of methoxy groups -OCH3 is 1. The van der Waals surface area contributed by atoms with Crippen molar-refractivity contribution in [3.63, 3.8) is 0 Å². The summed E-state index contributed by atoms with van der Waals surface area (Å²) in [4.78, 5) is 24.3. The van der Waals surface area contributed by atoms with Crippen LogP contribution in [0.5, 0.6) is 0 Å². The van der Waals surface area contributed by atoms with Crippen molar-refractivity contribution in [2.24, 2.45) is 0 Å². The molecule has 1 amide bonds. The van der Waals surface area contributed by atoms with Crippen LogP contribution in [0.3, 0.4) is 0 Å². The molecule has 1 heterocycles. The quantitative estimate of drug-likeness (QED) is 0.705. The molecule has 0 atom stereocenters. The number of nitrogens with zero attached hydrogens (tertiary/aromatic N) is 2. The lowest BCUT2D eigenvalue weighted by molar-refractivity contribution is -0.115. The van der Waals surface area contributed by atoms with Gasteiger partial charge in [0.2, 0.25) is 5.91 Å². The highest BCUT2D eigenvalue weighted by Crippen LogP contribution is 2.21. The first-order valence-corrected chi connectivity index (χ1v) is 8.56. The number of para-hydroxylation sites is 1. The largest absolute Gasteiger partial charge is 0.465 e. The molecule has 6 heteroatoms. The Balaban J connectivity index is 1.72. The number of aryl methyl sites for hydroxylation is 1. The number of hydrogen-bond donors (Lipinski definition) is 1. The number of nitrogens with one attached hydrogen (secondary N) is 1. The average molecular weight is 363 g/mol. The lowest BCUT2D eigenvalue weighted by Crippen LogP contribution is -2.15. The number of rotatable bonds is 5. The van der Waals surface area contributed by atoms with Crippen LogP contribution in [0.15, 0.2) is 54.9 Å². The summed E-state index contributed by atoms with van der Waals surface area (Å²) < 4.78 is 6.54. The van der Waals surface area contributed by atoms with Crippen LogP contribution in [-0.2, 0) is 16.0 Å². The standard InChI is InChI=1S/C21H21N3O3/c1-14-9-17(11-19(15(14)2)21(26)27-3)23-20(25)10-16-12-22-24(13-16)18-7-5-4-6-8-18/h4-9,11-13H,10H2,1-3H3,(H,23,25). The Morgan fingerprint density at radius 2 is 1.89 bits per heavy atom. The molecule has 0 aliphatic carbocycles. The summed E-state index contributed by atoms with van der Waals surface area (Å²) in [7, 11) is 1.34. The molecule has 6 nitrogen and oxygen atoms in total. The van der Waals surface area contributed by atoms with Gasteiger partial charge < -0.3 is 10.1 Å². The molecule has 0 fully saturated rings. The fraction of sp³-hybridized carbons (Fsp3) is 0.190. The lowest BCUT2D eigenvalue weighted by atomic mass is 10.0. The van der Waals surface area contributed by atoms with E-state index in [1.807, 2.05) is 56.4 Å². The monoisotopic (exact) mass is 363 g/mol. The van der Waals surface area contributed by atoms with Gasteiger partial charge >= 0.3 is 5.97 Å². The molecule has 0 saturated heterocycles. The van der Waals surface area contributed by atoms with Gasteiger partial charge in [-0.15, -0.1) is 0 Å². The van der Waals surface area contributed by atoms with E-state index in [4.69, 9.17) is 4.74 Å². The Hall–Kier alpha value is -3.41. The third-order valence-electron chi connectivity index (χ3n) is 4.38. The van der Waals surface area contributed by atoms with Gasteiger partial charge in [0.05, 0.1) is 31.0 Å². The lowest BCUT2D eigenvalue weighted by Gasteiger charge is -2.11. The van der Waals surface area contributed by atoms with E-state index in [-0.39, 0.29) is 12.3 Å². The SMILES string of the molecule is COC(=O)c1cc(NC(=O)Cc2cnn(-c3ccccc3)c2)cc(C)c1C. The summed E-state index contributed by atoms with van der Waals surface area (Å²) in [6.45, 7) is 3.74. The first kappa shape index (κ1) is 18.4. The minimum atomic E-state index is -0.421. The number of carbonyl (C=O) groups is 2. The topological polar surface area (TPSA) is 73.2 Å². The molecule has 0 unspecified atom stereocenters. The number of esters is 1. The van der Waals surface area contributed by atoms with Crippen molar-refractivity contribution >= 4 is 17.6 Å². The van der Waals surface area contributed by atoms with Gasteiger partial charge in [0.25, 0.3) is 0 Å². The van der Waals surface area contributed by atoms with Crippen molar-refractivity contribution in [2.75, 3.05) is 12.4 Å². The minimum Gasteiger partial charge on any atom is -0.465 e. The second-order valence-corrected chi connectivity index (χ2v) is 6.31. The summed E-state index contributed by atoms with van der Waals surface area (Å²) in [6, 6.07) is 13.2. The molecular formula is C21H21N3O3. The van der Waals surface area contributed by atoms with Gasteiger partial charge in [-0.1, -0.05) is 18.2 Å². The van der Waals surface area contributed by atoms with Gasteiger partial charge in [-0.05, 0) is 54.8 Å². The van der Waals surface area contributed by atoms with E-state index >= 15 is 0 Å². The number of amides is 1. The Bertz CT molecular complexity index is 978. The molecule has 2 aromatic carbocycles. The number of ether oxygens (including phenoxy) is 1. The van der Waals surface area contributed by atoms with Crippen molar-refractivity contribution < 1.29 is 14.3 Å². The number of aromatic nitrogens is 2. The van der Waals surface area contributed by atoms with Crippen LogP contribution < -0.4 is 5.32 Å². The maximum Gasteiger partial charge on any atom is 0.338 e. The molecule has 0 radical (unpaired) electrons. The molecule has 0 aliphatic rings. The van der Waals surface area contributed by atoms with Gasteiger partial charge in [-0.3, -0.25) is 4.79 Å². The third kappa shape index (κ3) is 4.23. The molecule has 3 aromatic rings. The van der Waals surface area contributed by atoms with Crippen LogP contribution in [0.1, 0.15) is 27.0 Å². The van der Waals surface area contributed by atoms with E-state index in [1.165, 1.54) is 7.11 Å². The van der Waals surface area contributed by atoms with Gasteiger partial charge in [0, 0.05) is 11.9 Å². The summed E-state index contributed by atoms with van der Waals surface area (Å²) in [5, 5.41) is 7.14. The zero-order valence-electron chi connectivity index (χ0n) is 15.5. The predicted octanol–water partition coefficient (Wildman–Crippen LogP) is 3.46. The van der Waals surface area contributed by atoms with Gasteiger partial charge in [0.15, 0.2) is 0 Å². The number of carbonyl (C=O) groups excluding carboxylic acids is 2. The van der Waals surface area contributed by atoms with E-state index in [2.05, 4.69) is 10.4 Å². The fourth-order valence-corrected chi connectivity index (χ4v) is 2.82. The van der Waals surface area contributed by atoms with Crippen molar-refractivity contribution in [1.82, 2.24) is 9.78 Å². The molecule has 0 spiro atoms. The molecule has 0 aliphatic heterocycles. The molecule has 27 heavy (non-hydrogen) atoms. The summed E-state index contributed by atoms with van der Waals surface area (Å²) in [5.74, 6) is -0.600. The Morgan fingerprint density at radius 1 is 1.15 bits per heavy atom. The fourth-order valence-electron chi connectivity index (χ4n) is 2.82. The summed E-state index contributed by atoms with van der Waals surface area (Å²) in [6.07, 6.45) is 3.69. The minimum absolute atomic E-state index is 0.179. The van der Waals surface area contributed by atoms with Gasteiger partial charge in [0.1, 0.15) is 0 Å². The van der Waals surface area contributed by atoms with Crippen molar-refractivity contribution in [1.29, 1.82) is 0 Å². The highest BCUT2D eigenvalue weighted by molar-refractivity contribution is 5.96. The zero-order chi connectivity index (χ0) is 19.4. The molecule has 0 saturated carbocycles. The predicted molar refractivity (Wildman–Crippen MR) is 103 cm³/mol. The first-order valence-electron chi connectivity index (χ1n) is 8.56. The van der Waals surface area contributed by atoms with Crippen LogP contribution in [0.2, 0.25) is 0 Å². The number of hydrogen-bond acceptors (Lipinski definition) is 4. The third-order valence-corrected chi connectivity index (χ3v) is 4.38. The second-order valence-electron chi connectivity index (χ2n) is 6.31. The van der Waals surface area contributed by atoms with E-state index < -0.39 is 5.97 Å². The highest BCUT2D eigenvalue weighted by atomic mass is 16.5. The van der Waals surface area contributed by atoms with Crippen LogP contribution in [-0.4, -0.2) is 28.8 Å². The van der Waals surface area contributed by atoms with Crippen LogP contribution in [0, 0.1) is 13.8 Å². The van der Waals surface area contributed by atoms with Gasteiger partial charge in [-0.2, -0.15) is 5.10 Å². The maximum atomic E-state index is 12.4. The smallest absolute Gasteiger partial charge is 0.338 e. The second kappa shape index (κ2) is 7.86. The van der Waals surface area contributed by atoms with E-state index in [9.17, 15) is 9.59 Å².